The first-order valence-electron chi connectivity index (χ1n) is 12.3. The zero-order valence-electron chi connectivity index (χ0n) is 24.6. The summed E-state index contributed by atoms with van der Waals surface area (Å²) in [5, 5.41) is 0. The molecule has 0 aromatic carbocycles. The van der Waals surface area contributed by atoms with E-state index in [2.05, 4.69) is 39.5 Å². The highest BCUT2D eigenvalue weighted by atomic mass is 17.2. The molecule has 0 bridgehead atoms. The van der Waals surface area contributed by atoms with Gasteiger partial charge in [-0.05, 0) is 16.7 Å². The molecular formula is C28H46O13. The summed E-state index contributed by atoms with van der Waals surface area (Å²) in [4.78, 5) is 29.9. The van der Waals surface area contributed by atoms with Crippen molar-refractivity contribution in [2.24, 2.45) is 10.8 Å². The van der Waals surface area contributed by atoms with Crippen LogP contribution >= 0.6 is 0 Å². The largest absolute Gasteiger partial charge is 0.476 e. The van der Waals surface area contributed by atoms with E-state index in [1.165, 1.54) is 40.1 Å². The molecule has 0 amide bonds. The highest BCUT2D eigenvalue weighted by Crippen LogP contribution is 2.42. The molecule has 236 valence electrons. The monoisotopic (exact) mass is 590 g/mol. The van der Waals surface area contributed by atoms with Crippen LogP contribution in [-0.4, -0.2) is 94.6 Å². The Labute approximate surface area is 243 Å². The molecule has 0 spiro atoms. The third kappa shape index (κ3) is 14.8. The summed E-state index contributed by atoms with van der Waals surface area (Å²) in [5.74, 6) is 0. The second-order valence-electron chi connectivity index (χ2n) is 8.39. The smallest absolute Gasteiger partial charge is 0.188 e. The quantitative estimate of drug-likeness (QED) is 0.0291. The molecule has 0 aromatic rings. The van der Waals surface area contributed by atoms with Crippen molar-refractivity contribution < 1.29 is 62.5 Å². The minimum absolute atomic E-state index is 0.0188. The van der Waals surface area contributed by atoms with Gasteiger partial charge in [0, 0.05) is 0 Å². The van der Waals surface area contributed by atoms with Crippen LogP contribution in [0.3, 0.4) is 0 Å². The summed E-state index contributed by atoms with van der Waals surface area (Å²) in [6.07, 6.45) is 3.80. The Bertz CT molecular complexity index is 677. The van der Waals surface area contributed by atoms with Gasteiger partial charge in [-0.25, -0.2) is 29.3 Å². The molecule has 0 unspecified atom stereocenters. The third-order valence-corrected chi connectivity index (χ3v) is 5.62. The zero-order valence-corrected chi connectivity index (χ0v) is 24.6. The first kappa shape index (κ1) is 38.4. The first-order valence-corrected chi connectivity index (χ1v) is 12.3. The molecular weight excluding hydrogens is 544 g/mol. The predicted molar refractivity (Wildman–Crippen MR) is 148 cm³/mol. The summed E-state index contributed by atoms with van der Waals surface area (Å²) < 4.78 is 38.8. The van der Waals surface area contributed by atoms with Gasteiger partial charge in [0.25, 0.3) is 0 Å². The molecule has 0 aliphatic carbocycles. The Hall–Kier alpha value is -2.56. The molecule has 13 heteroatoms. The Morgan fingerprint density at radius 3 is 1.12 bits per heavy atom. The SMILES string of the molecule is C=COCOCC(COCOC=C)(COCOC=C)COCC(C(=C)COOC)(C(=C)COOC)C(=C)COOC. The van der Waals surface area contributed by atoms with Gasteiger partial charge in [0.2, 0.25) is 0 Å². The van der Waals surface area contributed by atoms with E-state index in [4.69, 9.17) is 62.5 Å². The Balaban J connectivity index is 6.23. The molecule has 0 saturated carbocycles. The van der Waals surface area contributed by atoms with Crippen molar-refractivity contribution in [3.63, 3.8) is 0 Å². The van der Waals surface area contributed by atoms with E-state index in [0.29, 0.717) is 16.7 Å². The van der Waals surface area contributed by atoms with Crippen molar-refractivity contribution in [1.29, 1.82) is 0 Å². The van der Waals surface area contributed by atoms with Crippen LogP contribution in [-0.2, 0) is 62.5 Å². The summed E-state index contributed by atoms with van der Waals surface area (Å²) in [7, 11) is 4.15. The molecule has 0 aromatic heterocycles. The van der Waals surface area contributed by atoms with Crippen molar-refractivity contribution in [2.75, 3.05) is 94.6 Å². The molecule has 0 N–H and O–H groups in total. The normalized spacial score (nSPS) is 11.5. The van der Waals surface area contributed by atoms with Gasteiger partial charge in [-0.3, -0.25) is 0 Å². The van der Waals surface area contributed by atoms with Gasteiger partial charge in [-0.15, -0.1) is 0 Å². The van der Waals surface area contributed by atoms with E-state index < -0.39 is 10.8 Å². The number of ether oxygens (including phenoxy) is 7. The van der Waals surface area contributed by atoms with Gasteiger partial charge in [-0.1, -0.05) is 39.5 Å². The summed E-state index contributed by atoms with van der Waals surface area (Å²) in [6, 6.07) is 0. The zero-order chi connectivity index (χ0) is 30.8. The Morgan fingerprint density at radius 2 is 0.829 bits per heavy atom. The number of hydrogen-bond donors (Lipinski definition) is 0. The fourth-order valence-corrected chi connectivity index (χ4v) is 3.55. The van der Waals surface area contributed by atoms with Crippen molar-refractivity contribution in [3.05, 3.63) is 75.0 Å². The van der Waals surface area contributed by atoms with Crippen LogP contribution in [0.5, 0.6) is 0 Å². The Kier molecular flexibility index (Phi) is 22.6. The molecule has 0 atom stereocenters. The van der Waals surface area contributed by atoms with Crippen molar-refractivity contribution in [1.82, 2.24) is 0 Å². The van der Waals surface area contributed by atoms with Crippen LogP contribution in [0, 0.1) is 10.8 Å². The first-order chi connectivity index (χ1) is 19.8. The molecule has 0 aliphatic rings. The second-order valence-corrected chi connectivity index (χ2v) is 8.39. The fourth-order valence-electron chi connectivity index (χ4n) is 3.55. The van der Waals surface area contributed by atoms with Gasteiger partial charge >= 0.3 is 0 Å². The number of hydrogen-bond acceptors (Lipinski definition) is 13. The third-order valence-electron chi connectivity index (χ3n) is 5.62. The van der Waals surface area contributed by atoms with E-state index in [9.17, 15) is 0 Å². The highest BCUT2D eigenvalue weighted by molar-refractivity contribution is 5.39. The standard InChI is InChI=1S/C28H46O13/c1-10-32-21-36-17-27(18-37-22-33-11-2,19-38-23-34-12-3)16-35-20-28(24(4)13-39-29-7,25(5)14-40-30-8)26(6)15-41-31-9/h10-12H,1-6,13-23H2,7-9H3. The van der Waals surface area contributed by atoms with Gasteiger partial charge < -0.3 is 33.2 Å². The molecule has 0 heterocycles. The van der Waals surface area contributed by atoms with Gasteiger partial charge in [0.15, 0.2) is 20.4 Å². The Morgan fingerprint density at radius 1 is 0.512 bits per heavy atom. The van der Waals surface area contributed by atoms with E-state index >= 15 is 0 Å². The van der Waals surface area contributed by atoms with Crippen molar-refractivity contribution >= 4 is 0 Å². The predicted octanol–water partition coefficient (Wildman–Crippen LogP) is 3.78. The summed E-state index contributed by atoms with van der Waals surface area (Å²) in [5.41, 5.74) is -0.498. The molecule has 0 saturated heterocycles. The molecule has 0 fully saturated rings. The topological polar surface area (TPSA) is 120 Å². The lowest BCUT2D eigenvalue weighted by Crippen LogP contribution is -2.44. The molecule has 41 heavy (non-hydrogen) atoms. The van der Waals surface area contributed by atoms with Gasteiger partial charge in [0.1, 0.15) is 19.8 Å². The number of rotatable bonds is 31. The average Bonchev–Trinajstić information content (AvgIpc) is 2.98. The maximum atomic E-state index is 6.34. The molecule has 13 nitrogen and oxygen atoms in total. The van der Waals surface area contributed by atoms with Crippen molar-refractivity contribution in [2.45, 2.75) is 0 Å². The maximum Gasteiger partial charge on any atom is 0.188 e. The van der Waals surface area contributed by atoms with Crippen LogP contribution in [0.4, 0.5) is 0 Å². The van der Waals surface area contributed by atoms with Crippen LogP contribution in [0.15, 0.2) is 75.0 Å². The van der Waals surface area contributed by atoms with E-state index in [-0.39, 0.29) is 73.2 Å². The summed E-state index contributed by atoms with van der Waals surface area (Å²) in [6.45, 7) is 23.3. The minimum Gasteiger partial charge on any atom is -0.476 e. The van der Waals surface area contributed by atoms with E-state index in [1.807, 2.05) is 0 Å². The van der Waals surface area contributed by atoms with Crippen molar-refractivity contribution in [3.8, 4) is 0 Å². The lowest BCUT2D eigenvalue weighted by atomic mass is 9.70. The average molecular weight is 591 g/mol. The maximum absolute atomic E-state index is 6.34. The minimum atomic E-state index is -1.13. The lowest BCUT2D eigenvalue weighted by Gasteiger charge is -2.40. The summed E-state index contributed by atoms with van der Waals surface area (Å²) >= 11 is 0. The second kappa shape index (κ2) is 24.1. The van der Waals surface area contributed by atoms with Crippen LogP contribution in [0.1, 0.15) is 0 Å². The van der Waals surface area contributed by atoms with E-state index in [0.717, 1.165) is 0 Å². The van der Waals surface area contributed by atoms with Crippen LogP contribution in [0.2, 0.25) is 0 Å². The molecule has 0 aliphatic heterocycles. The lowest BCUT2D eigenvalue weighted by molar-refractivity contribution is -0.273. The van der Waals surface area contributed by atoms with Gasteiger partial charge in [0.05, 0.1) is 84.0 Å². The van der Waals surface area contributed by atoms with Crippen LogP contribution < -0.4 is 0 Å². The van der Waals surface area contributed by atoms with Gasteiger partial charge in [-0.2, -0.15) is 0 Å². The van der Waals surface area contributed by atoms with Crippen LogP contribution in [0.25, 0.3) is 0 Å². The fraction of sp³-hybridized carbons (Fsp3) is 0.571. The molecule has 0 radical (unpaired) electrons. The molecule has 0 rings (SSSR count). The van der Waals surface area contributed by atoms with E-state index in [1.54, 1.807) is 0 Å². The highest BCUT2D eigenvalue weighted by Gasteiger charge is 2.42.